The van der Waals surface area contributed by atoms with Crippen LogP contribution in [0.15, 0.2) is 46.2 Å². The fraction of sp³-hybridized carbons (Fsp3) is 0.238. The summed E-state index contributed by atoms with van der Waals surface area (Å²) in [6, 6.07) is 12.1. The summed E-state index contributed by atoms with van der Waals surface area (Å²) < 4.78 is 3.12. The molecule has 0 radical (unpaired) electrons. The summed E-state index contributed by atoms with van der Waals surface area (Å²) >= 11 is 3.04. The normalized spacial score (nSPS) is 14.4. The maximum atomic E-state index is 13.3. The van der Waals surface area contributed by atoms with E-state index < -0.39 is 0 Å². The molecule has 0 spiro atoms. The van der Waals surface area contributed by atoms with Gasteiger partial charge < -0.3 is 9.88 Å². The van der Waals surface area contributed by atoms with Gasteiger partial charge in [-0.3, -0.25) is 9.59 Å². The minimum absolute atomic E-state index is 0.0585. The van der Waals surface area contributed by atoms with Crippen LogP contribution in [0.1, 0.15) is 23.7 Å². The first-order valence-corrected chi connectivity index (χ1v) is 11.2. The zero-order valence-electron chi connectivity index (χ0n) is 15.5. The summed E-state index contributed by atoms with van der Waals surface area (Å²) in [6.07, 6.45) is 3.99. The molecule has 0 atom stereocenters. The van der Waals surface area contributed by atoms with Crippen LogP contribution in [0.4, 0.5) is 5.69 Å². The molecule has 2 aromatic carbocycles. The highest BCUT2D eigenvalue weighted by Gasteiger charge is 2.28. The molecule has 0 fully saturated rings. The minimum Gasteiger partial charge on any atom is -0.341 e. The zero-order valence-corrected chi connectivity index (χ0v) is 17.1. The highest BCUT2D eigenvalue weighted by molar-refractivity contribution is 8.21. The molecule has 4 nitrogen and oxygen atoms in total. The van der Waals surface area contributed by atoms with Crippen molar-refractivity contribution in [2.24, 2.45) is 0 Å². The van der Waals surface area contributed by atoms with E-state index in [4.69, 9.17) is 0 Å². The van der Waals surface area contributed by atoms with Gasteiger partial charge in [0, 0.05) is 43.7 Å². The highest BCUT2D eigenvalue weighted by Crippen LogP contribution is 2.38. The molecule has 1 aromatic heterocycles. The molecule has 27 heavy (non-hydrogen) atoms. The number of para-hydroxylation sites is 1. The van der Waals surface area contributed by atoms with Crippen LogP contribution in [0.5, 0.6) is 0 Å². The Morgan fingerprint density at radius 2 is 1.81 bits per heavy atom. The Morgan fingerprint density at radius 3 is 2.52 bits per heavy atom. The number of carbonyl (C=O) groups excluding carboxylic acids is 2. The average molecular weight is 397 g/mol. The fourth-order valence-electron chi connectivity index (χ4n) is 3.82. The van der Waals surface area contributed by atoms with Crippen LogP contribution in [-0.2, 0) is 11.3 Å². The molecule has 2 heterocycles. The second kappa shape index (κ2) is 7.09. The molecule has 0 bridgehead atoms. The van der Waals surface area contributed by atoms with Crippen LogP contribution >= 0.6 is 23.5 Å². The molecule has 1 amide bonds. The number of carbonyl (C=O) groups is 2. The van der Waals surface area contributed by atoms with Gasteiger partial charge in [0.05, 0.1) is 12.1 Å². The minimum atomic E-state index is -0.142. The Labute approximate surface area is 166 Å². The lowest BCUT2D eigenvalue weighted by atomic mass is 10.0. The smallest absolute Gasteiger partial charge is 0.229 e. The van der Waals surface area contributed by atoms with E-state index in [1.807, 2.05) is 36.8 Å². The van der Waals surface area contributed by atoms with E-state index in [2.05, 4.69) is 28.9 Å². The third kappa shape index (κ3) is 2.87. The van der Waals surface area contributed by atoms with E-state index in [-0.39, 0.29) is 18.1 Å². The van der Waals surface area contributed by atoms with Crippen LogP contribution in [0.2, 0.25) is 0 Å². The van der Waals surface area contributed by atoms with Gasteiger partial charge in [0.25, 0.3) is 0 Å². The first kappa shape index (κ1) is 18.2. The number of ketones is 1. The molecule has 1 aliphatic heterocycles. The molecule has 1 aliphatic rings. The summed E-state index contributed by atoms with van der Waals surface area (Å²) in [4.78, 5) is 25.8. The van der Waals surface area contributed by atoms with Crippen LogP contribution in [0.3, 0.4) is 0 Å². The van der Waals surface area contributed by atoms with Gasteiger partial charge in [-0.2, -0.15) is 0 Å². The van der Waals surface area contributed by atoms with Gasteiger partial charge in [0.15, 0.2) is 5.78 Å². The number of aryl methyl sites for hydroxylation is 1. The molecular formula is C21H20N2O2S2. The molecule has 4 rings (SSSR count). The van der Waals surface area contributed by atoms with Crippen molar-refractivity contribution in [1.29, 1.82) is 0 Å². The summed E-state index contributed by atoms with van der Waals surface area (Å²) in [7, 11) is 0. The standard InChI is InChI=1S/C21H20N2O2S2/c1-4-23-17-8-6-5-7-12(17)13-9-16-14(10-18(13)23)20(25)15(11-19(24)22-16)21(26-2)27-3/h5-10H,4,11H2,1-3H3,(H,22,24). The number of nitrogens with one attached hydrogen (secondary N) is 1. The fourth-order valence-corrected chi connectivity index (χ4v) is 5.31. The molecule has 0 saturated heterocycles. The van der Waals surface area contributed by atoms with Crippen LogP contribution in [0.25, 0.3) is 21.8 Å². The van der Waals surface area contributed by atoms with Crippen LogP contribution < -0.4 is 5.32 Å². The van der Waals surface area contributed by atoms with Crippen molar-refractivity contribution in [3.63, 3.8) is 0 Å². The maximum Gasteiger partial charge on any atom is 0.229 e. The molecular weight excluding hydrogens is 376 g/mol. The van der Waals surface area contributed by atoms with Crippen LogP contribution in [0, 0.1) is 0 Å². The van der Waals surface area contributed by atoms with Crippen molar-refractivity contribution in [1.82, 2.24) is 4.57 Å². The average Bonchev–Trinajstić information content (AvgIpc) is 2.93. The Kier molecular flexibility index (Phi) is 4.78. The van der Waals surface area contributed by atoms with Gasteiger partial charge in [-0.25, -0.2) is 0 Å². The maximum absolute atomic E-state index is 13.3. The predicted molar refractivity (Wildman–Crippen MR) is 117 cm³/mol. The van der Waals surface area contributed by atoms with Gasteiger partial charge in [-0.15, -0.1) is 23.5 Å². The number of Topliss-reactive ketones (excluding diaryl/α,β-unsaturated/α-hetero) is 1. The second-order valence-corrected chi connectivity index (χ2v) is 8.30. The second-order valence-electron chi connectivity index (χ2n) is 6.40. The number of benzene rings is 2. The largest absolute Gasteiger partial charge is 0.341 e. The van der Waals surface area contributed by atoms with E-state index >= 15 is 0 Å². The van der Waals surface area contributed by atoms with E-state index in [1.165, 1.54) is 23.5 Å². The SMILES string of the molecule is CCn1c2ccccc2c2cc3c(cc21)C(=O)C(=C(SC)SC)CC(=O)N3. The first-order valence-electron chi connectivity index (χ1n) is 8.79. The summed E-state index contributed by atoms with van der Waals surface area (Å²) in [5.41, 5.74) is 3.93. The van der Waals surface area contributed by atoms with Crippen LogP contribution in [-0.4, -0.2) is 28.8 Å². The Bertz CT molecular complexity index is 1120. The molecule has 0 saturated carbocycles. The Hall–Kier alpha value is -2.18. The molecule has 0 unspecified atom stereocenters. The molecule has 138 valence electrons. The Balaban J connectivity index is 2.05. The van der Waals surface area contributed by atoms with Gasteiger partial charge in [0.2, 0.25) is 5.91 Å². The lowest BCUT2D eigenvalue weighted by Gasteiger charge is -2.10. The number of thioether (sulfide) groups is 2. The van der Waals surface area contributed by atoms with Gasteiger partial charge >= 0.3 is 0 Å². The highest BCUT2D eigenvalue weighted by atomic mass is 32.2. The number of aromatic nitrogens is 1. The van der Waals surface area contributed by atoms with Gasteiger partial charge in [-0.1, -0.05) is 18.2 Å². The van der Waals surface area contributed by atoms with Crippen molar-refractivity contribution in [3.8, 4) is 0 Å². The van der Waals surface area contributed by atoms with Gasteiger partial charge in [-0.05, 0) is 37.6 Å². The van der Waals surface area contributed by atoms with Crippen molar-refractivity contribution in [2.75, 3.05) is 17.8 Å². The summed E-state index contributed by atoms with van der Waals surface area (Å²) in [5, 5.41) is 5.14. The van der Waals surface area contributed by atoms with Crippen molar-refractivity contribution < 1.29 is 9.59 Å². The zero-order chi connectivity index (χ0) is 19.1. The van der Waals surface area contributed by atoms with E-state index in [0.717, 1.165) is 32.6 Å². The number of rotatable bonds is 3. The summed E-state index contributed by atoms with van der Waals surface area (Å²) in [5.74, 6) is -0.201. The number of hydrogen-bond acceptors (Lipinski definition) is 4. The van der Waals surface area contributed by atoms with Crippen molar-refractivity contribution >= 4 is 62.7 Å². The number of fused-ring (bicyclic) bond motifs is 4. The molecule has 3 aromatic rings. The molecule has 1 N–H and O–H groups in total. The quantitative estimate of drug-likeness (QED) is 0.612. The molecule has 0 aliphatic carbocycles. The monoisotopic (exact) mass is 396 g/mol. The number of hydrogen-bond donors (Lipinski definition) is 1. The van der Waals surface area contributed by atoms with E-state index in [1.54, 1.807) is 0 Å². The number of anilines is 1. The predicted octanol–water partition coefficient (Wildman–Crippen LogP) is 5.28. The van der Waals surface area contributed by atoms with E-state index in [0.29, 0.717) is 16.8 Å². The third-order valence-corrected chi connectivity index (χ3v) is 7.21. The Morgan fingerprint density at radius 1 is 1.07 bits per heavy atom. The molecule has 6 heteroatoms. The third-order valence-electron chi connectivity index (χ3n) is 4.98. The van der Waals surface area contributed by atoms with Gasteiger partial charge in [0.1, 0.15) is 0 Å². The first-order chi connectivity index (χ1) is 13.1. The number of nitrogens with zero attached hydrogens (tertiary/aromatic N) is 1. The lowest BCUT2D eigenvalue weighted by Crippen LogP contribution is -2.10. The summed E-state index contributed by atoms with van der Waals surface area (Å²) in [6.45, 7) is 2.92. The van der Waals surface area contributed by atoms with Crippen molar-refractivity contribution in [3.05, 3.63) is 51.8 Å². The van der Waals surface area contributed by atoms with Crippen molar-refractivity contribution in [2.45, 2.75) is 19.9 Å². The topological polar surface area (TPSA) is 51.1 Å². The number of amides is 1. The van der Waals surface area contributed by atoms with E-state index in [9.17, 15) is 9.59 Å². The lowest BCUT2D eigenvalue weighted by molar-refractivity contribution is -0.115.